The maximum Gasteiger partial charge on any atom is 0.243 e. The maximum atomic E-state index is 12.5. The number of nitrogens with one attached hydrogen (secondary N) is 1. The van der Waals surface area contributed by atoms with Gasteiger partial charge in [-0.1, -0.05) is 39.1 Å². The van der Waals surface area contributed by atoms with Gasteiger partial charge in [-0.2, -0.15) is 0 Å². The molecule has 1 aromatic rings. The molecular weight excluding hydrogens is 399 g/mol. The summed E-state index contributed by atoms with van der Waals surface area (Å²) in [6.07, 6.45) is 2.34. The maximum absolute atomic E-state index is 12.5. The molecule has 1 unspecified atom stereocenters. The van der Waals surface area contributed by atoms with Crippen LogP contribution in [0.15, 0.2) is 21.5 Å². The highest BCUT2D eigenvalue weighted by Crippen LogP contribution is 2.32. The van der Waals surface area contributed by atoms with Crippen LogP contribution < -0.4 is 4.72 Å². The van der Waals surface area contributed by atoms with Gasteiger partial charge in [-0.15, -0.1) is 0 Å². The summed E-state index contributed by atoms with van der Waals surface area (Å²) in [5, 5.41) is 0.213. The van der Waals surface area contributed by atoms with E-state index in [-0.39, 0.29) is 21.0 Å². The molecule has 0 amide bonds. The van der Waals surface area contributed by atoms with E-state index in [1.165, 1.54) is 25.0 Å². The van der Waals surface area contributed by atoms with Gasteiger partial charge in [0.25, 0.3) is 0 Å². The summed E-state index contributed by atoms with van der Waals surface area (Å²) >= 11 is 15.3. The van der Waals surface area contributed by atoms with Crippen LogP contribution in [0.5, 0.6) is 0 Å². The van der Waals surface area contributed by atoms with E-state index in [4.69, 9.17) is 23.2 Å². The van der Waals surface area contributed by atoms with Crippen molar-refractivity contribution in [1.29, 1.82) is 0 Å². The minimum Gasteiger partial charge on any atom is -0.302 e. The fraction of sp³-hybridized carbons (Fsp3) is 0.538. The monoisotopic (exact) mass is 414 g/mol. The lowest BCUT2D eigenvalue weighted by atomic mass is 10.3. The van der Waals surface area contributed by atoms with Crippen molar-refractivity contribution >= 4 is 49.2 Å². The first-order valence-electron chi connectivity index (χ1n) is 6.69. The highest BCUT2D eigenvalue weighted by molar-refractivity contribution is 9.10. The van der Waals surface area contributed by atoms with Gasteiger partial charge in [-0.05, 0) is 45.0 Å². The fourth-order valence-electron chi connectivity index (χ4n) is 2.50. The molecule has 1 aliphatic rings. The second kappa shape index (κ2) is 7.15. The van der Waals surface area contributed by atoms with Crippen LogP contribution in [0.4, 0.5) is 0 Å². The topological polar surface area (TPSA) is 49.4 Å². The van der Waals surface area contributed by atoms with Crippen LogP contribution in [0.25, 0.3) is 0 Å². The Kier molecular flexibility index (Phi) is 5.96. The van der Waals surface area contributed by atoms with Crippen LogP contribution in [0.2, 0.25) is 10.0 Å². The second-order valence-electron chi connectivity index (χ2n) is 5.23. The first kappa shape index (κ1) is 17.5. The van der Waals surface area contributed by atoms with Gasteiger partial charge in [0.2, 0.25) is 10.0 Å². The Bertz CT molecular complexity index is 596. The van der Waals surface area contributed by atoms with Gasteiger partial charge in [0.1, 0.15) is 4.90 Å². The Labute approximate surface area is 144 Å². The van der Waals surface area contributed by atoms with E-state index in [1.807, 2.05) is 6.92 Å². The van der Waals surface area contributed by atoms with Crippen molar-refractivity contribution < 1.29 is 8.42 Å². The predicted molar refractivity (Wildman–Crippen MR) is 89.6 cm³/mol. The van der Waals surface area contributed by atoms with Crippen LogP contribution >= 0.6 is 39.1 Å². The van der Waals surface area contributed by atoms with Crippen molar-refractivity contribution in [1.82, 2.24) is 9.62 Å². The van der Waals surface area contributed by atoms with E-state index in [0.29, 0.717) is 11.0 Å². The van der Waals surface area contributed by atoms with E-state index < -0.39 is 10.0 Å². The lowest BCUT2D eigenvalue weighted by molar-refractivity contribution is 0.313. The van der Waals surface area contributed by atoms with Crippen molar-refractivity contribution in [2.24, 2.45) is 0 Å². The number of rotatable bonds is 5. The standard InChI is InChI=1S/C13H17BrCl2N2O2S/c1-9(8-18-4-2-3-5-18)17-21(19,20)13-11(15)6-10(14)7-12(13)16/h6-7,9,17H,2-5,8H2,1H3. The Hall–Kier alpha value is 0.150. The Morgan fingerprint density at radius 2 is 1.81 bits per heavy atom. The van der Waals surface area contributed by atoms with Gasteiger partial charge >= 0.3 is 0 Å². The molecule has 1 fully saturated rings. The van der Waals surface area contributed by atoms with Gasteiger partial charge in [0.05, 0.1) is 10.0 Å². The molecule has 1 atom stereocenters. The molecule has 0 aliphatic carbocycles. The molecule has 1 aliphatic heterocycles. The molecule has 2 rings (SSSR count). The molecule has 0 bridgehead atoms. The average molecular weight is 416 g/mol. The van der Waals surface area contributed by atoms with E-state index in [0.717, 1.165) is 13.1 Å². The van der Waals surface area contributed by atoms with Gasteiger partial charge in [0, 0.05) is 17.1 Å². The van der Waals surface area contributed by atoms with Gasteiger partial charge in [0.15, 0.2) is 0 Å². The van der Waals surface area contributed by atoms with Gasteiger partial charge < -0.3 is 4.90 Å². The zero-order valence-electron chi connectivity index (χ0n) is 11.6. The molecule has 4 nitrogen and oxygen atoms in total. The molecule has 0 aromatic heterocycles. The van der Waals surface area contributed by atoms with Crippen LogP contribution in [-0.2, 0) is 10.0 Å². The molecule has 1 N–H and O–H groups in total. The lowest BCUT2D eigenvalue weighted by Gasteiger charge is -2.21. The number of benzene rings is 1. The van der Waals surface area contributed by atoms with Crippen molar-refractivity contribution in [3.05, 3.63) is 26.7 Å². The molecule has 1 heterocycles. The van der Waals surface area contributed by atoms with Gasteiger partial charge in [-0.25, -0.2) is 13.1 Å². The number of sulfonamides is 1. The minimum atomic E-state index is -3.74. The van der Waals surface area contributed by atoms with Crippen LogP contribution in [0.1, 0.15) is 19.8 Å². The number of nitrogens with zero attached hydrogens (tertiary/aromatic N) is 1. The number of hydrogen-bond acceptors (Lipinski definition) is 3. The molecular formula is C13H17BrCl2N2O2S. The SMILES string of the molecule is CC(CN1CCCC1)NS(=O)(=O)c1c(Cl)cc(Br)cc1Cl. The summed E-state index contributed by atoms with van der Waals surface area (Å²) < 4.78 is 28.2. The second-order valence-corrected chi connectivity index (χ2v) is 8.61. The van der Waals surface area contributed by atoms with E-state index >= 15 is 0 Å². The van der Waals surface area contributed by atoms with E-state index in [2.05, 4.69) is 25.6 Å². The highest BCUT2D eigenvalue weighted by atomic mass is 79.9. The van der Waals surface area contributed by atoms with E-state index in [9.17, 15) is 8.42 Å². The third-order valence-electron chi connectivity index (χ3n) is 3.32. The van der Waals surface area contributed by atoms with Crippen LogP contribution in [-0.4, -0.2) is 39.0 Å². The Balaban J connectivity index is 2.14. The zero-order valence-corrected chi connectivity index (χ0v) is 15.5. The zero-order chi connectivity index (χ0) is 15.6. The molecule has 0 spiro atoms. The summed E-state index contributed by atoms with van der Waals surface area (Å²) in [6, 6.07) is 2.84. The highest BCUT2D eigenvalue weighted by Gasteiger charge is 2.25. The average Bonchev–Trinajstić information content (AvgIpc) is 2.78. The molecule has 1 aromatic carbocycles. The first-order valence-corrected chi connectivity index (χ1v) is 9.72. The molecule has 118 valence electrons. The van der Waals surface area contributed by atoms with Crippen LogP contribution in [0, 0.1) is 0 Å². The summed E-state index contributed by atoms with van der Waals surface area (Å²) in [4.78, 5) is 2.18. The number of halogens is 3. The summed E-state index contributed by atoms with van der Waals surface area (Å²) in [7, 11) is -3.74. The quantitative estimate of drug-likeness (QED) is 0.800. The molecule has 1 saturated heterocycles. The first-order chi connectivity index (χ1) is 9.79. The van der Waals surface area contributed by atoms with Crippen molar-refractivity contribution in [3.8, 4) is 0 Å². The summed E-state index contributed by atoms with van der Waals surface area (Å²) in [5.41, 5.74) is 0. The third kappa shape index (κ3) is 4.56. The van der Waals surface area contributed by atoms with Gasteiger partial charge in [-0.3, -0.25) is 0 Å². The summed E-state index contributed by atoms with van der Waals surface area (Å²) in [5.74, 6) is 0. The van der Waals surface area contributed by atoms with Crippen molar-refractivity contribution in [2.45, 2.75) is 30.7 Å². The van der Waals surface area contributed by atoms with Crippen molar-refractivity contribution in [3.63, 3.8) is 0 Å². The largest absolute Gasteiger partial charge is 0.302 e. The third-order valence-corrected chi connectivity index (χ3v) is 6.29. The number of likely N-dealkylation sites (tertiary alicyclic amines) is 1. The Morgan fingerprint density at radius 3 is 2.33 bits per heavy atom. The molecule has 8 heteroatoms. The lowest BCUT2D eigenvalue weighted by Crippen LogP contribution is -2.41. The van der Waals surface area contributed by atoms with Crippen LogP contribution in [0.3, 0.4) is 0 Å². The predicted octanol–water partition coefficient (Wildman–Crippen LogP) is 3.52. The van der Waals surface area contributed by atoms with E-state index in [1.54, 1.807) is 0 Å². The number of hydrogen-bond donors (Lipinski definition) is 1. The molecule has 21 heavy (non-hydrogen) atoms. The van der Waals surface area contributed by atoms with Crippen molar-refractivity contribution in [2.75, 3.05) is 19.6 Å². The smallest absolute Gasteiger partial charge is 0.243 e. The molecule has 0 saturated carbocycles. The minimum absolute atomic E-state index is 0.0673. The fourth-order valence-corrected chi connectivity index (χ4v) is 5.67. The molecule has 0 radical (unpaired) electrons. The summed E-state index contributed by atoms with van der Waals surface area (Å²) in [6.45, 7) is 4.57. The normalized spacial score (nSPS) is 18.1. The Morgan fingerprint density at radius 1 is 1.29 bits per heavy atom.